The van der Waals surface area contributed by atoms with Gasteiger partial charge in [-0.3, -0.25) is 19.4 Å². The average molecular weight is 518 g/mol. The molecule has 0 aliphatic carbocycles. The molecular weight excluding hydrogens is 496 g/mol. The first-order valence-corrected chi connectivity index (χ1v) is 12.0. The van der Waals surface area contributed by atoms with Crippen molar-refractivity contribution < 1.29 is 5.11 Å². The number of H-pyrrole nitrogens is 2. The Morgan fingerprint density at radius 2 is 1.56 bits per heavy atom. The van der Waals surface area contributed by atoms with Gasteiger partial charge >= 0.3 is 0 Å². The number of nitrogens with zero attached hydrogens (tertiary/aromatic N) is 1. The number of rotatable bonds is 6. The highest BCUT2D eigenvalue weighted by molar-refractivity contribution is 7.99. The first-order valence-electron chi connectivity index (χ1n) is 10.8. The summed E-state index contributed by atoms with van der Waals surface area (Å²) in [4.78, 5) is 27.7. The van der Waals surface area contributed by atoms with Crippen LogP contribution < -0.4 is 22.4 Å². The molecule has 182 valence electrons. The largest absolute Gasteiger partial charge is 0.858 e. The topological polar surface area (TPSA) is 129 Å². The summed E-state index contributed by atoms with van der Waals surface area (Å²) in [7, 11) is 0. The highest BCUT2D eigenvalue weighted by atomic mass is 35.5. The normalized spacial score (nSPS) is 11.6. The molecule has 0 radical (unpaired) electrons. The van der Waals surface area contributed by atoms with E-state index in [1.807, 2.05) is 54.6 Å². The van der Waals surface area contributed by atoms with Gasteiger partial charge in [0.15, 0.2) is 0 Å². The van der Waals surface area contributed by atoms with Crippen molar-refractivity contribution in [3.05, 3.63) is 134 Å². The van der Waals surface area contributed by atoms with Crippen molar-refractivity contribution in [2.24, 2.45) is 0 Å². The van der Waals surface area contributed by atoms with Gasteiger partial charge in [0.1, 0.15) is 0 Å². The molecule has 0 aliphatic heterocycles. The quantitative estimate of drug-likeness (QED) is 0.285. The first kappa shape index (κ1) is 25.1. The lowest BCUT2D eigenvalue weighted by Gasteiger charge is -2.25. The van der Waals surface area contributed by atoms with Crippen molar-refractivity contribution in [3.8, 4) is 17.0 Å². The molecule has 5 rings (SSSR count). The number of hydrogen-bond donors (Lipinski definition) is 3. The van der Waals surface area contributed by atoms with Gasteiger partial charge in [0, 0.05) is 23.0 Å². The van der Waals surface area contributed by atoms with Crippen molar-refractivity contribution in [1.29, 1.82) is 0 Å². The van der Waals surface area contributed by atoms with Crippen LogP contribution in [0.15, 0.2) is 117 Å². The van der Waals surface area contributed by atoms with Crippen LogP contribution in [0.5, 0.6) is 5.88 Å². The van der Waals surface area contributed by atoms with Gasteiger partial charge in [-0.25, -0.2) is 0 Å². The van der Waals surface area contributed by atoms with Gasteiger partial charge in [-0.05, 0) is 46.5 Å². The van der Waals surface area contributed by atoms with E-state index < -0.39 is 17.5 Å². The van der Waals surface area contributed by atoms with Crippen molar-refractivity contribution >= 4 is 23.4 Å². The van der Waals surface area contributed by atoms with Gasteiger partial charge in [0.25, 0.3) is 5.56 Å². The molecule has 9 heteroatoms. The summed E-state index contributed by atoms with van der Waals surface area (Å²) in [6.07, 6.45) is 1.65. The minimum Gasteiger partial charge on any atom is -0.858 e. The predicted octanol–water partition coefficient (Wildman–Crippen LogP) is 5.21. The van der Waals surface area contributed by atoms with Crippen LogP contribution in [0.3, 0.4) is 0 Å². The van der Waals surface area contributed by atoms with Crippen molar-refractivity contribution in [1.82, 2.24) is 20.9 Å². The molecule has 1 unspecified atom stereocenters. The van der Waals surface area contributed by atoms with Gasteiger partial charge in [0.05, 0.1) is 16.0 Å². The van der Waals surface area contributed by atoms with Gasteiger partial charge in [-0.2, -0.15) is 0 Å². The zero-order chi connectivity index (χ0) is 24.4. The van der Waals surface area contributed by atoms with Crippen molar-refractivity contribution in [2.45, 2.75) is 15.8 Å². The molecular formula is C27H22ClN4O3S-. The first-order chi connectivity index (χ1) is 17.0. The molecule has 0 saturated heterocycles. The minimum atomic E-state index is -0.570. The average Bonchev–Trinajstić information content (AvgIpc) is 3.15. The summed E-state index contributed by atoms with van der Waals surface area (Å²) in [6.45, 7) is 0. The second-order valence-corrected chi connectivity index (χ2v) is 9.32. The number of aromatic amines is 2. The summed E-state index contributed by atoms with van der Waals surface area (Å²) in [5, 5.41) is 16.7. The Morgan fingerprint density at radius 1 is 0.833 bits per heavy atom. The lowest BCUT2D eigenvalue weighted by Crippen LogP contribution is -2.18. The molecule has 3 aromatic carbocycles. The van der Waals surface area contributed by atoms with E-state index in [4.69, 9.17) is 11.6 Å². The number of hydrogen-bond acceptors (Lipinski definition) is 5. The summed E-state index contributed by atoms with van der Waals surface area (Å²) in [6, 6.07) is 26.9. The Labute approximate surface area is 216 Å². The molecule has 2 aromatic heterocycles. The minimum absolute atomic E-state index is 0. The standard InChI is InChI=1S/C27H20ClN3O3S.H3N/c28-21-11-4-5-12-22(21)35-25-26(33)30-31(27(25)34)24(17-7-2-1-3-8-17)19-10-6-9-18(15-19)20-13-14-23(32)29-16-20;/h1-16,24,34H,(H,29,32)(H,30,33);1H3/p-1. The van der Waals surface area contributed by atoms with E-state index in [9.17, 15) is 14.7 Å². The second kappa shape index (κ2) is 10.7. The molecule has 5 aromatic rings. The highest BCUT2D eigenvalue weighted by Gasteiger charge is 2.21. The van der Waals surface area contributed by atoms with Gasteiger partial charge < -0.3 is 16.2 Å². The molecule has 0 amide bonds. The molecule has 7 nitrogen and oxygen atoms in total. The third kappa shape index (κ3) is 5.01. The van der Waals surface area contributed by atoms with E-state index in [0.717, 1.165) is 34.0 Å². The van der Waals surface area contributed by atoms with Crippen LogP contribution >= 0.6 is 23.4 Å². The molecule has 0 saturated carbocycles. The zero-order valence-corrected chi connectivity index (χ0v) is 20.6. The van der Waals surface area contributed by atoms with Crippen molar-refractivity contribution in [2.75, 3.05) is 0 Å². The molecule has 0 bridgehead atoms. The summed E-state index contributed by atoms with van der Waals surface area (Å²) < 4.78 is 1.36. The van der Waals surface area contributed by atoms with E-state index in [-0.39, 0.29) is 16.6 Å². The molecule has 0 spiro atoms. The molecule has 36 heavy (non-hydrogen) atoms. The molecule has 0 fully saturated rings. The lowest BCUT2D eigenvalue weighted by molar-refractivity contribution is -0.284. The maximum atomic E-state index is 13.5. The van der Waals surface area contributed by atoms with Crippen LogP contribution in [0.25, 0.3) is 11.1 Å². The molecule has 2 heterocycles. The number of benzene rings is 3. The van der Waals surface area contributed by atoms with Crippen LogP contribution in [0.2, 0.25) is 5.02 Å². The van der Waals surface area contributed by atoms with Gasteiger partial charge in [0.2, 0.25) is 5.56 Å². The van der Waals surface area contributed by atoms with Crippen LogP contribution in [-0.2, 0) is 0 Å². The fraction of sp³-hybridized carbons (Fsp3) is 0.0370. The predicted molar refractivity (Wildman–Crippen MR) is 141 cm³/mol. The SMILES string of the molecule is N.O=c1ccc(-c2cccc(C(c3ccccc3)n3[nH]c(=O)c(Sc4ccccc4Cl)c3[O-])c2)c[nH]1. The van der Waals surface area contributed by atoms with Gasteiger partial charge in [-0.15, -0.1) is 0 Å². The number of nitrogens with one attached hydrogen (secondary N) is 2. The van der Waals surface area contributed by atoms with Crippen LogP contribution in [0.1, 0.15) is 17.2 Å². The van der Waals surface area contributed by atoms with Crippen LogP contribution in [0, 0.1) is 0 Å². The smallest absolute Gasteiger partial charge is 0.277 e. The molecule has 1 atom stereocenters. The zero-order valence-electron chi connectivity index (χ0n) is 19.0. The summed E-state index contributed by atoms with van der Waals surface area (Å²) >= 11 is 7.32. The Bertz CT molecular complexity index is 1590. The number of halogens is 1. The van der Waals surface area contributed by atoms with E-state index in [2.05, 4.69) is 10.1 Å². The lowest BCUT2D eigenvalue weighted by atomic mass is 9.95. The van der Waals surface area contributed by atoms with Crippen LogP contribution in [-0.4, -0.2) is 14.8 Å². The van der Waals surface area contributed by atoms with Crippen LogP contribution in [0.4, 0.5) is 0 Å². The maximum Gasteiger partial charge on any atom is 0.277 e. The number of pyridine rings is 1. The third-order valence-electron chi connectivity index (χ3n) is 5.58. The monoisotopic (exact) mass is 517 g/mol. The van der Waals surface area contributed by atoms with Crippen molar-refractivity contribution in [3.63, 3.8) is 0 Å². The van der Waals surface area contributed by atoms with E-state index in [1.54, 1.807) is 36.5 Å². The fourth-order valence-corrected chi connectivity index (χ4v) is 5.04. The number of aromatic nitrogens is 3. The fourth-order valence-electron chi connectivity index (χ4n) is 3.93. The molecule has 5 N–H and O–H groups in total. The highest BCUT2D eigenvalue weighted by Crippen LogP contribution is 2.38. The summed E-state index contributed by atoms with van der Waals surface area (Å²) in [5.41, 5.74) is 2.68. The van der Waals surface area contributed by atoms with E-state index in [1.165, 1.54) is 10.7 Å². The Kier molecular flexibility index (Phi) is 7.49. The van der Waals surface area contributed by atoms with E-state index in [0.29, 0.717) is 9.92 Å². The summed E-state index contributed by atoms with van der Waals surface area (Å²) in [5.74, 6) is -0.428. The molecule has 0 aliphatic rings. The Hall–Kier alpha value is -3.98. The third-order valence-corrected chi connectivity index (χ3v) is 7.17. The van der Waals surface area contributed by atoms with Gasteiger partial charge in [-0.1, -0.05) is 84.0 Å². The van der Waals surface area contributed by atoms with E-state index >= 15 is 0 Å². The Balaban J connectivity index is 0.00000304. The second-order valence-electron chi connectivity index (χ2n) is 7.86. The maximum absolute atomic E-state index is 13.5. The Morgan fingerprint density at radius 3 is 2.28 bits per heavy atom.